The fourth-order valence-corrected chi connectivity index (χ4v) is 3.54. The number of thiazole rings is 1. The van der Waals surface area contributed by atoms with E-state index in [0.29, 0.717) is 19.7 Å². The molecule has 126 valence electrons. The van der Waals surface area contributed by atoms with Crippen LogP contribution in [-0.2, 0) is 16.0 Å². The molecule has 0 aliphatic heterocycles. The molecule has 0 saturated heterocycles. The molecule has 3 rings (SSSR count). The highest BCUT2D eigenvalue weighted by Crippen LogP contribution is 2.23. The highest BCUT2D eigenvalue weighted by molar-refractivity contribution is 7.15. The average Bonchev–Trinajstić information content (AvgIpc) is 3.17. The van der Waals surface area contributed by atoms with E-state index in [1.807, 2.05) is 23.1 Å². The predicted octanol–water partition coefficient (Wildman–Crippen LogP) is 3.10. The van der Waals surface area contributed by atoms with E-state index in [4.69, 9.17) is 9.72 Å². The number of hydrogen-bond acceptors (Lipinski definition) is 4. The molecule has 0 atom stereocenters. The van der Waals surface area contributed by atoms with Gasteiger partial charge in [-0.25, -0.2) is 4.98 Å². The van der Waals surface area contributed by atoms with E-state index in [1.165, 1.54) is 5.69 Å². The van der Waals surface area contributed by atoms with Crippen molar-refractivity contribution < 1.29 is 9.53 Å². The lowest BCUT2D eigenvalue weighted by Crippen LogP contribution is -2.33. The fourth-order valence-electron chi connectivity index (χ4n) is 2.63. The SMILES string of the molecule is COCCN(CCc1csc2nc(-c3ccccc3)cn12)C(C)=O. The number of amides is 1. The van der Waals surface area contributed by atoms with Gasteiger partial charge in [-0.3, -0.25) is 9.20 Å². The zero-order valence-corrected chi connectivity index (χ0v) is 14.8. The van der Waals surface area contributed by atoms with Crippen molar-refractivity contribution in [1.29, 1.82) is 0 Å². The Labute approximate surface area is 145 Å². The first-order chi connectivity index (χ1) is 11.7. The van der Waals surface area contributed by atoms with Crippen LogP contribution in [0.1, 0.15) is 12.6 Å². The molecule has 0 unspecified atom stereocenters. The van der Waals surface area contributed by atoms with Gasteiger partial charge in [0.2, 0.25) is 5.91 Å². The van der Waals surface area contributed by atoms with Crippen LogP contribution < -0.4 is 0 Å². The Kier molecular flexibility index (Phi) is 5.27. The Morgan fingerprint density at radius 3 is 2.79 bits per heavy atom. The van der Waals surface area contributed by atoms with E-state index in [2.05, 4.69) is 28.1 Å². The van der Waals surface area contributed by atoms with Crippen molar-refractivity contribution in [2.45, 2.75) is 13.3 Å². The van der Waals surface area contributed by atoms with Crippen LogP contribution in [0.3, 0.4) is 0 Å². The summed E-state index contributed by atoms with van der Waals surface area (Å²) in [6.07, 6.45) is 2.87. The third kappa shape index (κ3) is 3.66. The summed E-state index contributed by atoms with van der Waals surface area (Å²) in [6, 6.07) is 10.2. The molecule has 0 fully saturated rings. The second-order valence-corrected chi connectivity index (χ2v) is 6.46. The van der Waals surface area contributed by atoms with Gasteiger partial charge in [-0.2, -0.15) is 0 Å². The molecule has 1 aromatic carbocycles. The van der Waals surface area contributed by atoms with Crippen LogP contribution in [-0.4, -0.2) is 47.0 Å². The molecule has 1 amide bonds. The molecule has 24 heavy (non-hydrogen) atoms. The largest absolute Gasteiger partial charge is 0.383 e. The number of fused-ring (bicyclic) bond motifs is 1. The molecule has 0 spiro atoms. The third-order valence-corrected chi connectivity index (χ3v) is 4.89. The van der Waals surface area contributed by atoms with Crippen molar-refractivity contribution in [2.75, 3.05) is 26.8 Å². The van der Waals surface area contributed by atoms with Gasteiger partial charge < -0.3 is 9.64 Å². The Balaban J connectivity index is 1.75. The van der Waals surface area contributed by atoms with Crippen LogP contribution in [0.5, 0.6) is 0 Å². The summed E-state index contributed by atoms with van der Waals surface area (Å²) >= 11 is 1.63. The Bertz CT molecular complexity index is 810. The maximum absolute atomic E-state index is 11.7. The summed E-state index contributed by atoms with van der Waals surface area (Å²) < 4.78 is 7.20. The molecule has 2 aromatic heterocycles. The van der Waals surface area contributed by atoms with Crippen molar-refractivity contribution >= 4 is 22.2 Å². The van der Waals surface area contributed by atoms with Gasteiger partial charge in [0.05, 0.1) is 12.3 Å². The standard InChI is InChI=1S/C18H21N3O2S/c1-14(22)20(10-11-23-2)9-8-16-13-24-18-19-17(12-21(16)18)15-6-4-3-5-7-15/h3-7,12-13H,8-11H2,1-2H3. The lowest BCUT2D eigenvalue weighted by Gasteiger charge is -2.20. The van der Waals surface area contributed by atoms with Gasteiger partial charge in [-0.05, 0) is 0 Å². The molecule has 6 heteroatoms. The van der Waals surface area contributed by atoms with Gasteiger partial charge in [-0.1, -0.05) is 30.3 Å². The molecule has 3 aromatic rings. The van der Waals surface area contributed by atoms with E-state index in [1.54, 1.807) is 25.4 Å². The smallest absolute Gasteiger partial charge is 0.219 e. The van der Waals surface area contributed by atoms with Crippen LogP contribution >= 0.6 is 11.3 Å². The molecule has 0 radical (unpaired) electrons. The van der Waals surface area contributed by atoms with E-state index in [-0.39, 0.29) is 5.91 Å². The highest BCUT2D eigenvalue weighted by Gasteiger charge is 2.12. The minimum absolute atomic E-state index is 0.0779. The van der Waals surface area contributed by atoms with Crippen LogP contribution in [0.2, 0.25) is 0 Å². The van der Waals surface area contributed by atoms with Gasteiger partial charge >= 0.3 is 0 Å². The molecular weight excluding hydrogens is 322 g/mol. The second-order valence-electron chi connectivity index (χ2n) is 5.62. The van der Waals surface area contributed by atoms with Crippen LogP contribution in [0, 0.1) is 0 Å². The molecular formula is C18H21N3O2S. The van der Waals surface area contributed by atoms with Crippen molar-refractivity contribution in [3.05, 3.63) is 47.6 Å². The number of carbonyl (C=O) groups excluding carboxylic acids is 1. The molecule has 0 N–H and O–H groups in total. The van der Waals surface area contributed by atoms with Crippen LogP contribution in [0.25, 0.3) is 16.2 Å². The summed E-state index contributed by atoms with van der Waals surface area (Å²) in [6.45, 7) is 3.47. The number of hydrogen-bond donors (Lipinski definition) is 0. The zero-order chi connectivity index (χ0) is 16.9. The van der Waals surface area contributed by atoms with E-state index in [0.717, 1.165) is 22.6 Å². The molecule has 0 saturated carbocycles. The normalized spacial score (nSPS) is 11.1. The molecule has 0 aliphatic rings. The maximum Gasteiger partial charge on any atom is 0.219 e. The lowest BCUT2D eigenvalue weighted by molar-refractivity contribution is -0.129. The zero-order valence-electron chi connectivity index (χ0n) is 13.9. The van der Waals surface area contributed by atoms with Crippen LogP contribution in [0.15, 0.2) is 41.9 Å². The summed E-state index contributed by atoms with van der Waals surface area (Å²) in [5.74, 6) is 0.0779. The molecule has 2 heterocycles. The number of carbonyl (C=O) groups is 1. The first-order valence-corrected chi connectivity index (χ1v) is 8.82. The molecule has 0 aliphatic carbocycles. The quantitative estimate of drug-likeness (QED) is 0.662. The van der Waals surface area contributed by atoms with Gasteiger partial charge in [0.25, 0.3) is 0 Å². The lowest BCUT2D eigenvalue weighted by atomic mass is 10.2. The van der Waals surface area contributed by atoms with Gasteiger partial charge in [0, 0.05) is 56.4 Å². The Morgan fingerprint density at radius 1 is 1.29 bits per heavy atom. The Morgan fingerprint density at radius 2 is 2.08 bits per heavy atom. The van der Waals surface area contributed by atoms with Crippen molar-refractivity contribution in [3.63, 3.8) is 0 Å². The molecule has 0 bridgehead atoms. The number of imidazole rings is 1. The first kappa shape index (κ1) is 16.7. The third-order valence-electron chi connectivity index (χ3n) is 4.00. The van der Waals surface area contributed by atoms with E-state index < -0.39 is 0 Å². The van der Waals surface area contributed by atoms with Gasteiger partial charge in [0.1, 0.15) is 0 Å². The van der Waals surface area contributed by atoms with E-state index >= 15 is 0 Å². The number of benzene rings is 1. The Hall–Kier alpha value is -2.18. The summed E-state index contributed by atoms with van der Waals surface area (Å²) in [7, 11) is 1.65. The van der Waals surface area contributed by atoms with E-state index in [9.17, 15) is 4.79 Å². The summed E-state index contributed by atoms with van der Waals surface area (Å²) in [5.41, 5.74) is 3.27. The first-order valence-electron chi connectivity index (χ1n) is 7.94. The monoisotopic (exact) mass is 343 g/mol. The average molecular weight is 343 g/mol. The van der Waals surface area contributed by atoms with Gasteiger partial charge in [0.15, 0.2) is 4.96 Å². The van der Waals surface area contributed by atoms with Crippen molar-refractivity contribution in [3.8, 4) is 11.3 Å². The van der Waals surface area contributed by atoms with Crippen molar-refractivity contribution in [2.24, 2.45) is 0 Å². The number of methoxy groups -OCH3 is 1. The van der Waals surface area contributed by atoms with Gasteiger partial charge in [-0.15, -0.1) is 11.3 Å². The topological polar surface area (TPSA) is 46.8 Å². The summed E-state index contributed by atoms with van der Waals surface area (Å²) in [5, 5.41) is 2.12. The fraction of sp³-hybridized carbons (Fsp3) is 0.333. The summed E-state index contributed by atoms with van der Waals surface area (Å²) in [4.78, 5) is 19.2. The number of rotatable bonds is 7. The molecule has 5 nitrogen and oxygen atoms in total. The maximum atomic E-state index is 11.7. The minimum Gasteiger partial charge on any atom is -0.383 e. The number of ether oxygens (including phenoxy) is 1. The highest BCUT2D eigenvalue weighted by atomic mass is 32.1. The predicted molar refractivity (Wildman–Crippen MR) is 96.3 cm³/mol. The number of nitrogens with zero attached hydrogens (tertiary/aromatic N) is 3. The minimum atomic E-state index is 0.0779. The second kappa shape index (κ2) is 7.59. The number of aromatic nitrogens is 2. The van der Waals surface area contributed by atoms with Crippen LogP contribution in [0.4, 0.5) is 0 Å². The van der Waals surface area contributed by atoms with Crippen molar-refractivity contribution in [1.82, 2.24) is 14.3 Å².